The topological polar surface area (TPSA) is 38.7 Å². The van der Waals surface area contributed by atoms with E-state index >= 15 is 0 Å². The predicted molar refractivity (Wildman–Crippen MR) is 115 cm³/mol. The number of benzene rings is 3. The molecule has 0 amide bonds. The van der Waals surface area contributed by atoms with Crippen molar-refractivity contribution in [3.8, 4) is 34.2 Å². The van der Waals surface area contributed by atoms with E-state index < -0.39 is 0 Å². The predicted octanol–water partition coefficient (Wildman–Crippen LogP) is 6.11. The van der Waals surface area contributed by atoms with E-state index in [0.29, 0.717) is 17.5 Å². The van der Waals surface area contributed by atoms with Crippen molar-refractivity contribution in [2.24, 2.45) is 0 Å². The van der Waals surface area contributed by atoms with E-state index in [1.54, 1.807) is 0 Å². The maximum atomic E-state index is 4.82. The first-order chi connectivity index (χ1) is 13.5. The molecule has 0 N–H and O–H groups in total. The molecule has 0 unspecified atom stereocenters. The van der Waals surface area contributed by atoms with Crippen LogP contribution in [0.3, 0.4) is 0 Å². The molecule has 138 valence electrons. The van der Waals surface area contributed by atoms with E-state index in [1.807, 2.05) is 30.3 Å². The highest BCUT2D eigenvalue weighted by atomic mass is 15.0. The number of rotatable bonds is 3. The molecule has 3 nitrogen and oxygen atoms in total. The Bertz CT molecular complexity index is 1080. The molecule has 3 aromatic carbocycles. The Morgan fingerprint density at radius 2 is 0.857 bits per heavy atom. The minimum absolute atomic E-state index is 0.692. The standard InChI is InChI=1S/C25H23N3/c1-16-10-12-21(14-18(16)3)24-26-23(20-8-6-5-7-9-20)27-25(28-24)22-13-11-17(2)19(4)15-22/h5-15H,1-4H3. The van der Waals surface area contributed by atoms with Gasteiger partial charge in [-0.3, -0.25) is 0 Å². The zero-order valence-corrected chi connectivity index (χ0v) is 16.7. The van der Waals surface area contributed by atoms with Gasteiger partial charge in [0.1, 0.15) is 0 Å². The van der Waals surface area contributed by atoms with Crippen LogP contribution in [0.2, 0.25) is 0 Å². The molecular formula is C25H23N3. The lowest BCUT2D eigenvalue weighted by Crippen LogP contribution is -2.00. The minimum Gasteiger partial charge on any atom is -0.208 e. The molecule has 0 saturated heterocycles. The molecule has 4 rings (SSSR count). The fourth-order valence-electron chi connectivity index (χ4n) is 3.11. The van der Waals surface area contributed by atoms with Gasteiger partial charge < -0.3 is 0 Å². The zero-order valence-electron chi connectivity index (χ0n) is 16.7. The summed E-state index contributed by atoms with van der Waals surface area (Å²) in [6.07, 6.45) is 0. The van der Waals surface area contributed by atoms with Gasteiger partial charge in [0.25, 0.3) is 0 Å². The lowest BCUT2D eigenvalue weighted by molar-refractivity contribution is 1.07. The molecule has 0 aliphatic carbocycles. The highest BCUT2D eigenvalue weighted by molar-refractivity contribution is 5.67. The summed E-state index contributed by atoms with van der Waals surface area (Å²) in [6.45, 7) is 8.45. The fraction of sp³-hybridized carbons (Fsp3) is 0.160. The average Bonchev–Trinajstić information content (AvgIpc) is 2.72. The largest absolute Gasteiger partial charge is 0.208 e. The quantitative estimate of drug-likeness (QED) is 0.440. The number of hydrogen-bond acceptors (Lipinski definition) is 3. The molecule has 0 aliphatic heterocycles. The van der Waals surface area contributed by atoms with Crippen LogP contribution in [0.25, 0.3) is 34.2 Å². The van der Waals surface area contributed by atoms with E-state index in [4.69, 9.17) is 15.0 Å². The van der Waals surface area contributed by atoms with Crippen LogP contribution in [0, 0.1) is 27.7 Å². The van der Waals surface area contributed by atoms with Crippen molar-refractivity contribution in [2.75, 3.05) is 0 Å². The average molecular weight is 365 g/mol. The Kier molecular flexibility index (Phi) is 4.74. The van der Waals surface area contributed by atoms with E-state index in [1.165, 1.54) is 22.3 Å². The van der Waals surface area contributed by atoms with E-state index in [9.17, 15) is 0 Å². The van der Waals surface area contributed by atoms with Crippen LogP contribution in [-0.4, -0.2) is 15.0 Å². The fourth-order valence-corrected chi connectivity index (χ4v) is 3.11. The van der Waals surface area contributed by atoms with Crippen molar-refractivity contribution in [2.45, 2.75) is 27.7 Å². The minimum atomic E-state index is 0.692. The van der Waals surface area contributed by atoms with E-state index in [2.05, 4.69) is 64.1 Å². The molecule has 4 aromatic rings. The third-order valence-electron chi connectivity index (χ3n) is 5.20. The van der Waals surface area contributed by atoms with Gasteiger partial charge in [0.05, 0.1) is 0 Å². The van der Waals surface area contributed by atoms with Crippen LogP contribution in [0.4, 0.5) is 0 Å². The normalized spacial score (nSPS) is 10.9. The monoisotopic (exact) mass is 365 g/mol. The molecule has 0 aliphatic rings. The Balaban J connectivity index is 1.92. The first kappa shape index (κ1) is 18.1. The van der Waals surface area contributed by atoms with Crippen molar-refractivity contribution >= 4 is 0 Å². The number of hydrogen-bond donors (Lipinski definition) is 0. The van der Waals surface area contributed by atoms with Gasteiger partial charge in [0, 0.05) is 16.7 Å². The number of aryl methyl sites for hydroxylation is 4. The summed E-state index contributed by atoms with van der Waals surface area (Å²) in [5.74, 6) is 2.09. The second-order valence-corrected chi connectivity index (χ2v) is 7.27. The first-order valence-corrected chi connectivity index (χ1v) is 9.48. The smallest absolute Gasteiger partial charge is 0.164 e. The van der Waals surface area contributed by atoms with Gasteiger partial charge in [-0.25, -0.2) is 15.0 Å². The van der Waals surface area contributed by atoms with Crippen molar-refractivity contribution < 1.29 is 0 Å². The van der Waals surface area contributed by atoms with E-state index in [0.717, 1.165) is 16.7 Å². The van der Waals surface area contributed by atoms with Crippen LogP contribution in [0.15, 0.2) is 66.7 Å². The van der Waals surface area contributed by atoms with Crippen molar-refractivity contribution in [3.05, 3.63) is 89.0 Å². The van der Waals surface area contributed by atoms with Gasteiger partial charge >= 0.3 is 0 Å². The SMILES string of the molecule is Cc1ccc(-c2nc(-c3ccccc3)nc(-c3ccc(C)c(C)c3)n2)cc1C. The van der Waals surface area contributed by atoms with Crippen LogP contribution >= 0.6 is 0 Å². The lowest BCUT2D eigenvalue weighted by atomic mass is 10.0. The van der Waals surface area contributed by atoms with Crippen LogP contribution < -0.4 is 0 Å². The second-order valence-electron chi connectivity index (χ2n) is 7.27. The van der Waals surface area contributed by atoms with Crippen molar-refractivity contribution in [1.82, 2.24) is 15.0 Å². The van der Waals surface area contributed by atoms with E-state index in [-0.39, 0.29) is 0 Å². The summed E-state index contributed by atoms with van der Waals surface area (Å²) in [6, 6.07) is 22.8. The summed E-state index contributed by atoms with van der Waals surface area (Å²) in [5.41, 5.74) is 7.98. The van der Waals surface area contributed by atoms with Crippen LogP contribution in [-0.2, 0) is 0 Å². The Morgan fingerprint density at radius 1 is 0.429 bits per heavy atom. The third kappa shape index (κ3) is 3.56. The zero-order chi connectivity index (χ0) is 19.7. The highest BCUT2D eigenvalue weighted by Crippen LogP contribution is 2.26. The molecule has 28 heavy (non-hydrogen) atoms. The second kappa shape index (κ2) is 7.35. The van der Waals surface area contributed by atoms with Gasteiger partial charge in [-0.1, -0.05) is 54.6 Å². The molecule has 1 aromatic heterocycles. The third-order valence-corrected chi connectivity index (χ3v) is 5.20. The summed E-state index contributed by atoms with van der Waals surface area (Å²) < 4.78 is 0. The number of aromatic nitrogens is 3. The molecule has 3 heteroatoms. The highest BCUT2D eigenvalue weighted by Gasteiger charge is 2.13. The summed E-state index contributed by atoms with van der Waals surface area (Å²) in [5, 5.41) is 0. The Labute approximate surface area is 166 Å². The van der Waals surface area contributed by atoms with Gasteiger partial charge in [0.2, 0.25) is 0 Å². The van der Waals surface area contributed by atoms with Gasteiger partial charge in [-0.2, -0.15) is 0 Å². The lowest BCUT2D eigenvalue weighted by Gasteiger charge is -2.10. The summed E-state index contributed by atoms with van der Waals surface area (Å²) in [7, 11) is 0. The maximum absolute atomic E-state index is 4.82. The maximum Gasteiger partial charge on any atom is 0.164 e. The molecule has 0 spiro atoms. The summed E-state index contributed by atoms with van der Waals surface area (Å²) >= 11 is 0. The molecule has 0 atom stereocenters. The van der Waals surface area contributed by atoms with Crippen LogP contribution in [0.1, 0.15) is 22.3 Å². The molecule has 0 fully saturated rings. The summed E-state index contributed by atoms with van der Waals surface area (Å²) in [4.78, 5) is 14.4. The Morgan fingerprint density at radius 3 is 1.29 bits per heavy atom. The van der Waals surface area contributed by atoms with Gasteiger partial charge in [0.15, 0.2) is 17.5 Å². The molecule has 1 heterocycles. The first-order valence-electron chi connectivity index (χ1n) is 9.48. The van der Waals surface area contributed by atoms with Crippen molar-refractivity contribution in [1.29, 1.82) is 0 Å². The molecular weight excluding hydrogens is 342 g/mol. The van der Waals surface area contributed by atoms with Gasteiger partial charge in [-0.05, 0) is 62.1 Å². The van der Waals surface area contributed by atoms with Crippen molar-refractivity contribution in [3.63, 3.8) is 0 Å². The Hall–Kier alpha value is -3.33. The number of nitrogens with zero attached hydrogens (tertiary/aromatic N) is 3. The molecule has 0 saturated carbocycles. The molecule has 0 radical (unpaired) electrons. The van der Waals surface area contributed by atoms with Gasteiger partial charge in [-0.15, -0.1) is 0 Å². The molecule has 0 bridgehead atoms. The van der Waals surface area contributed by atoms with Crippen LogP contribution in [0.5, 0.6) is 0 Å².